The molecular weight excluding hydrogens is 408 g/mol. The number of carboxylic acids is 4. The first-order valence-electron chi connectivity index (χ1n) is 7.50. The molecule has 0 aliphatic heterocycles. The number of aliphatic carboxylic acids is 4. The van der Waals surface area contributed by atoms with Crippen molar-refractivity contribution < 1.29 is 49.2 Å². The Balaban J connectivity index is -0.0000000665. The Morgan fingerprint density at radius 3 is 0.700 bits per heavy atom. The molecule has 0 unspecified atom stereocenters. The van der Waals surface area contributed by atoms with E-state index >= 15 is 0 Å². The molecule has 0 rings (SSSR count). The topological polar surface area (TPSA) is 215 Å². The van der Waals surface area contributed by atoms with Gasteiger partial charge in [0.25, 0.3) is 23.9 Å². The molecule has 0 bridgehead atoms. The molecule has 0 saturated heterocycles. The van der Waals surface area contributed by atoms with Gasteiger partial charge in [-0.3, -0.25) is 19.2 Å². The molecule has 0 saturated carbocycles. The highest BCUT2D eigenvalue weighted by molar-refractivity contribution is 5.79. The molecule has 0 heterocycles. The lowest BCUT2D eigenvalue weighted by Crippen LogP contribution is -2.20. The first kappa shape index (κ1) is 40.7. The van der Waals surface area contributed by atoms with Gasteiger partial charge in [0.1, 0.15) is 0 Å². The van der Waals surface area contributed by atoms with Crippen LogP contribution in [0.4, 0.5) is 9.59 Å². The first-order chi connectivity index (χ1) is 13.4. The third-order valence-electron chi connectivity index (χ3n) is 0.986. The third kappa shape index (κ3) is 154. The van der Waals surface area contributed by atoms with Crippen LogP contribution in [0.5, 0.6) is 0 Å². The van der Waals surface area contributed by atoms with Crippen molar-refractivity contribution in [3.63, 3.8) is 0 Å². The molecule has 0 aromatic carbocycles. The van der Waals surface area contributed by atoms with E-state index in [0.29, 0.717) is 0 Å². The normalized spacial score (nSPS) is 7.47. The summed E-state index contributed by atoms with van der Waals surface area (Å²) in [5.41, 5.74) is 0. The predicted octanol–water partition coefficient (Wildman–Crippen LogP) is 1.97. The number of urea groups is 2. The van der Waals surface area contributed by atoms with E-state index in [0.717, 1.165) is 27.7 Å². The van der Waals surface area contributed by atoms with Gasteiger partial charge in [-0.05, 0) is 0 Å². The molecule has 176 valence electrons. The van der Waals surface area contributed by atoms with Gasteiger partial charge in [-0.15, -0.1) is 13.2 Å². The molecule has 0 aromatic heterocycles. The number of rotatable bonds is 0. The molecule has 0 aliphatic rings. The summed E-state index contributed by atoms with van der Waals surface area (Å²) in [6, 6.07) is -1.10. The lowest BCUT2D eigenvalue weighted by atomic mass is 10.8. The summed E-state index contributed by atoms with van der Waals surface area (Å²) in [5.74, 6) is -3.33. The highest BCUT2D eigenvalue weighted by Gasteiger charge is 2.03. The van der Waals surface area contributed by atoms with Gasteiger partial charge in [-0.2, -0.15) is 0 Å². The zero-order valence-electron chi connectivity index (χ0n) is 18.4. The van der Waals surface area contributed by atoms with Crippen LogP contribution in [0.1, 0.15) is 27.7 Å². The quantitative estimate of drug-likeness (QED) is 0.317. The van der Waals surface area contributed by atoms with Crippen LogP contribution in [-0.4, -0.2) is 94.4 Å². The van der Waals surface area contributed by atoms with Crippen LogP contribution in [0.15, 0.2) is 23.4 Å². The van der Waals surface area contributed by atoms with E-state index in [1.54, 1.807) is 0 Å². The fourth-order valence-corrected chi connectivity index (χ4v) is 0.264. The van der Waals surface area contributed by atoms with E-state index in [4.69, 9.17) is 39.6 Å². The van der Waals surface area contributed by atoms with Gasteiger partial charge in [-0.1, -0.05) is 10.2 Å². The van der Waals surface area contributed by atoms with Gasteiger partial charge in [-0.25, -0.2) is 9.59 Å². The van der Waals surface area contributed by atoms with Crippen molar-refractivity contribution in [3.05, 3.63) is 13.2 Å². The summed E-state index contributed by atoms with van der Waals surface area (Å²) in [7, 11) is 6.12. The van der Waals surface area contributed by atoms with Crippen LogP contribution < -0.4 is 0 Å². The highest BCUT2D eigenvalue weighted by atomic mass is 16.4. The monoisotopic (exact) mass is 440 g/mol. The van der Waals surface area contributed by atoms with E-state index in [1.807, 2.05) is 0 Å². The van der Waals surface area contributed by atoms with E-state index < -0.39 is 35.9 Å². The molecule has 4 amide bonds. The smallest absolute Gasteiger partial charge is 0.361 e. The second-order valence-corrected chi connectivity index (χ2v) is 4.63. The highest BCUT2D eigenvalue weighted by Crippen LogP contribution is 1.89. The average Bonchev–Trinajstić information content (AvgIpc) is 2.51. The minimum atomic E-state index is -0.833. The van der Waals surface area contributed by atoms with Gasteiger partial charge >= 0.3 is 12.1 Å². The molecule has 30 heavy (non-hydrogen) atoms. The number of carbonyl (C=O) groups excluding carboxylic acids is 2. The maximum Gasteiger partial charge on any atom is 0.361 e. The number of hydrogen-bond acceptors (Lipinski definition) is 6. The summed E-state index contributed by atoms with van der Waals surface area (Å²) < 4.78 is 0. The van der Waals surface area contributed by atoms with Crippen molar-refractivity contribution >= 4 is 35.9 Å². The van der Waals surface area contributed by atoms with Crippen LogP contribution in [0.3, 0.4) is 0 Å². The maximum absolute atomic E-state index is 10.8. The first-order valence-corrected chi connectivity index (χ1v) is 7.50. The molecule has 14 heteroatoms. The van der Waals surface area contributed by atoms with Gasteiger partial charge in [0, 0.05) is 55.9 Å². The Labute approximate surface area is 175 Å². The molecule has 0 atom stereocenters. The standard InChI is InChI=1S/C6H12N4O2.4C2H4O2.C2H4/c1-9(2)5(11)7-8-6(12)10(3)4;4*1-2(3)4;1-2/h1-4H3;4*1H3,(H,3,4);1-2H2. The Morgan fingerprint density at radius 1 is 0.533 bits per heavy atom. The lowest BCUT2D eigenvalue weighted by molar-refractivity contribution is -0.135. The van der Waals surface area contributed by atoms with Crippen LogP contribution in [0, 0.1) is 0 Å². The van der Waals surface area contributed by atoms with Gasteiger partial charge in [0.05, 0.1) is 0 Å². The van der Waals surface area contributed by atoms with Crippen molar-refractivity contribution in [1.29, 1.82) is 0 Å². The predicted molar refractivity (Wildman–Crippen MR) is 108 cm³/mol. The van der Waals surface area contributed by atoms with Crippen LogP contribution in [0.25, 0.3) is 0 Å². The molecule has 0 aromatic rings. The largest absolute Gasteiger partial charge is 0.481 e. The van der Waals surface area contributed by atoms with E-state index in [2.05, 4.69) is 23.4 Å². The zero-order valence-corrected chi connectivity index (χ0v) is 18.4. The number of nitrogens with zero attached hydrogens (tertiary/aromatic N) is 4. The van der Waals surface area contributed by atoms with Crippen LogP contribution in [-0.2, 0) is 19.2 Å². The summed E-state index contributed by atoms with van der Waals surface area (Å²) in [5, 5.41) is 36.0. The minimum Gasteiger partial charge on any atom is -0.481 e. The zero-order chi connectivity index (χ0) is 26.0. The number of carbonyl (C=O) groups is 6. The number of carboxylic acid groups (broad SMARTS) is 4. The van der Waals surface area contributed by atoms with E-state index in [9.17, 15) is 9.59 Å². The van der Waals surface area contributed by atoms with Crippen molar-refractivity contribution in [2.75, 3.05) is 28.2 Å². The molecule has 0 aliphatic carbocycles. The van der Waals surface area contributed by atoms with Crippen molar-refractivity contribution in [2.24, 2.45) is 10.2 Å². The Kier molecular flexibility index (Phi) is 40.6. The van der Waals surface area contributed by atoms with Gasteiger partial charge in [0.2, 0.25) is 0 Å². The minimum absolute atomic E-state index is 0.551. The van der Waals surface area contributed by atoms with E-state index in [1.165, 1.54) is 38.0 Å². The molecule has 0 spiro atoms. The van der Waals surface area contributed by atoms with E-state index in [-0.39, 0.29) is 0 Å². The van der Waals surface area contributed by atoms with Crippen molar-refractivity contribution in [1.82, 2.24) is 9.80 Å². The number of azo groups is 1. The van der Waals surface area contributed by atoms with Crippen molar-refractivity contribution in [3.8, 4) is 0 Å². The average molecular weight is 440 g/mol. The van der Waals surface area contributed by atoms with Crippen molar-refractivity contribution in [2.45, 2.75) is 27.7 Å². The SMILES string of the molecule is C=C.CC(=O)O.CC(=O)O.CC(=O)O.CC(=O)O.CN(C)C(=O)N=NC(=O)N(C)C. The molecule has 0 fully saturated rings. The van der Waals surface area contributed by atoms with Crippen LogP contribution in [0.2, 0.25) is 0 Å². The summed E-state index contributed by atoms with van der Waals surface area (Å²) in [4.78, 5) is 60.0. The third-order valence-corrected chi connectivity index (χ3v) is 0.986. The van der Waals surface area contributed by atoms with Gasteiger partial charge in [0.15, 0.2) is 0 Å². The second-order valence-electron chi connectivity index (χ2n) is 4.63. The Bertz CT molecular complexity index is 460. The molecule has 0 radical (unpaired) electrons. The fourth-order valence-electron chi connectivity index (χ4n) is 0.264. The Morgan fingerprint density at radius 2 is 0.633 bits per heavy atom. The van der Waals surface area contributed by atoms with Crippen LogP contribution >= 0.6 is 0 Å². The fraction of sp³-hybridized carbons (Fsp3) is 0.500. The number of amides is 4. The maximum atomic E-state index is 10.8. The Hall–Kier alpha value is -3.84. The molecule has 14 nitrogen and oxygen atoms in total. The molecular formula is C16H32N4O10. The lowest BCUT2D eigenvalue weighted by Gasteiger charge is -2.05. The number of hydrogen-bond donors (Lipinski definition) is 4. The summed E-state index contributed by atoms with van der Waals surface area (Å²) >= 11 is 0. The second kappa shape index (κ2) is 29.9. The molecule has 4 N–H and O–H groups in total. The van der Waals surface area contributed by atoms with Gasteiger partial charge < -0.3 is 30.2 Å². The summed E-state index contributed by atoms with van der Waals surface area (Å²) in [6.07, 6.45) is 0. The summed E-state index contributed by atoms with van der Waals surface area (Å²) in [6.45, 7) is 10.3.